The normalized spacial score (nSPS) is 16.8. The Hall–Kier alpha value is -3.84. The molecule has 2 heterocycles. The van der Waals surface area contributed by atoms with Gasteiger partial charge in [-0.2, -0.15) is 10.0 Å². The summed E-state index contributed by atoms with van der Waals surface area (Å²) >= 11 is 0. The number of carbonyl (C=O) groups excluding carboxylic acids is 2. The van der Waals surface area contributed by atoms with Gasteiger partial charge in [-0.15, -0.1) is 0 Å². The second-order valence-electron chi connectivity index (χ2n) is 6.91. The third-order valence-electron chi connectivity index (χ3n) is 4.60. The molecule has 0 amide bonds. The zero-order chi connectivity index (χ0) is 22.8. The summed E-state index contributed by atoms with van der Waals surface area (Å²) in [5, 5.41) is 33.4. The molecule has 3 rings (SSSR count). The van der Waals surface area contributed by atoms with Gasteiger partial charge in [0.25, 0.3) is 0 Å². The molecule has 14 heteroatoms. The number of hydrogen-bond acceptors (Lipinski definition) is 10. The van der Waals surface area contributed by atoms with Crippen LogP contribution in [-0.2, 0) is 19.1 Å². The van der Waals surface area contributed by atoms with Crippen LogP contribution in [0.2, 0.25) is 0 Å². The maximum atomic E-state index is 12.1. The third-order valence-corrected chi connectivity index (χ3v) is 4.60. The van der Waals surface area contributed by atoms with Crippen LogP contribution in [0.1, 0.15) is 46.4 Å². The summed E-state index contributed by atoms with van der Waals surface area (Å²) in [5.41, 5.74) is 0.0692. The van der Waals surface area contributed by atoms with E-state index in [2.05, 4.69) is 20.1 Å². The predicted molar refractivity (Wildman–Crippen MR) is 103 cm³/mol. The first kappa shape index (κ1) is 22.8. The van der Waals surface area contributed by atoms with Gasteiger partial charge in [-0.05, 0) is 43.9 Å². The zero-order valence-electron chi connectivity index (χ0n) is 17.3. The molecule has 1 aromatic rings. The highest BCUT2D eigenvalue weighted by Gasteiger charge is 2.18. The highest BCUT2D eigenvalue weighted by molar-refractivity contribution is 5.95. The number of benzene rings is 1. The quantitative estimate of drug-likeness (QED) is 0.222. The monoisotopic (exact) mass is 452 g/mol. The van der Waals surface area contributed by atoms with Gasteiger partial charge in [0.1, 0.15) is 36.6 Å². The molecule has 32 heavy (non-hydrogen) atoms. The van der Waals surface area contributed by atoms with Crippen molar-refractivity contribution < 1.29 is 38.8 Å². The minimum Gasteiger partial charge on any atom is -0.447 e. The minimum atomic E-state index is -0.819. The Bertz CT molecular complexity index is 786. The Kier molecular flexibility index (Phi) is 8.22. The molecule has 0 radical (unpaired) electrons. The minimum absolute atomic E-state index is 0.0122. The maximum absolute atomic E-state index is 12.1. The van der Waals surface area contributed by atoms with Crippen LogP contribution in [-0.4, -0.2) is 71.8 Å². The van der Waals surface area contributed by atoms with Crippen molar-refractivity contribution in [1.29, 1.82) is 0 Å². The lowest BCUT2D eigenvalue weighted by molar-refractivity contribution is -0.805. The molecule has 0 aromatic heterocycles. The summed E-state index contributed by atoms with van der Waals surface area (Å²) in [4.78, 5) is 33.6. The van der Waals surface area contributed by atoms with E-state index >= 15 is 0 Å². The standard InChI is InChI=1S/C18H24N6O8/c25-17(29-13-31-23(27)19-21-8-1-2-9-21)15-6-5-7-16(12-15)18(26)30-14-32-24(28)20-22-10-3-4-11-22/h5-7,12H,1-4,8-11,13-14H2/b23-19+,24-20+. The van der Waals surface area contributed by atoms with Gasteiger partial charge in [-0.25, -0.2) is 9.59 Å². The van der Waals surface area contributed by atoms with Crippen LogP contribution in [0.15, 0.2) is 34.7 Å². The van der Waals surface area contributed by atoms with Gasteiger partial charge in [-0.1, -0.05) is 6.07 Å². The fourth-order valence-electron chi connectivity index (χ4n) is 3.03. The number of nitrogens with zero attached hydrogens (tertiary/aromatic N) is 6. The Balaban J connectivity index is 1.42. The molecule has 2 fully saturated rings. The maximum Gasteiger partial charge on any atom is 0.339 e. The largest absolute Gasteiger partial charge is 0.447 e. The number of rotatable bonds is 10. The highest BCUT2D eigenvalue weighted by atomic mass is 16.9. The average molecular weight is 452 g/mol. The summed E-state index contributed by atoms with van der Waals surface area (Å²) in [6.45, 7) is 1.35. The molecule has 0 saturated carbocycles. The lowest BCUT2D eigenvalue weighted by Gasteiger charge is -2.12. The second kappa shape index (κ2) is 11.5. The van der Waals surface area contributed by atoms with Crippen molar-refractivity contribution in [2.24, 2.45) is 10.4 Å². The molecule has 14 nitrogen and oxygen atoms in total. The van der Waals surface area contributed by atoms with Gasteiger partial charge in [-0.3, -0.25) is 0 Å². The van der Waals surface area contributed by atoms with E-state index in [0.717, 1.165) is 25.7 Å². The first-order valence-electron chi connectivity index (χ1n) is 10.1. The molecular weight excluding hydrogens is 428 g/mol. The van der Waals surface area contributed by atoms with E-state index in [4.69, 9.17) is 9.47 Å². The van der Waals surface area contributed by atoms with E-state index in [0.29, 0.717) is 26.2 Å². The molecule has 2 aliphatic rings. The third kappa shape index (κ3) is 7.14. The molecule has 0 bridgehead atoms. The summed E-state index contributed by atoms with van der Waals surface area (Å²) in [6.07, 6.45) is 3.78. The summed E-state index contributed by atoms with van der Waals surface area (Å²) in [7, 11) is 0. The van der Waals surface area contributed by atoms with Gasteiger partial charge < -0.3 is 29.6 Å². The van der Waals surface area contributed by atoms with Crippen LogP contribution in [0.4, 0.5) is 0 Å². The number of hydrogen-bond donors (Lipinski definition) is 0. The van der Waals surface area contributed by atoms with Gasteiger partial charge in [0.15, 0.2) is 13.6 Å². The number of esters is 2. The Morgan fingerprint density at radius 3 is 1.62 bits per heavy atom. The molecular formula is C18H24N6O8. The molecule has 0 atom stereocenters. The predicted octanol–water partition coefficient (Wildman–Crippen LogP) is 1.72. The van der Waals surface area contributed by atoms with Crippen molar-refractivity contribution in [3.8, 4) is 0 Å². The lowest BCUT2D eigenvalue weighted by Crippen LogP contribution is -2.19. The summed E-state index contributed by atoms with van der Waals surface area (Å²) in [5.74, 6) is -1.64. The number of ether oxygens (including phenoxy) is 2. The molecule has 0 aliphatic carbocycles. The van der Waals surface area contributed by atoms with Crippen LogP contribution >= 0.6 is 0 Å². The second-order valence-corrected chi connectivity index (χ2v) is 6.91. The van der Waals surface area contributed by atoms with E-state index in [9.17, 15) is 20.0 Å². The topological polar surface area (TPSA) is 154 Å². The van der Waals surface area contributed by atoms with Crippen LogP contribution in [0.5, 0.6) is 0 Å². The fraction of sp³-hybridized carbons (Fsp3) is 0.556. The Morgan fingerprint density at radius 2 is 1.22 bits per heavy atom. The van der Waals surface area contributed by atoms with E-state index in [1.54, 1.807) is 10.0 Å². The smallest absolute Gasteiger partial charge is 0.339 e. The first-order valence-corrected chi connectivity index (χ1v) is 10.1. The van der Waals surface area contributed by atoms with Gasteiger partial charge >= 0.3 is 11.9 Å². The SMILES string of the molecule is O=C(OCO/[N+]([O-])=N/N1CCCC1)c1cccc(C(=O)OCO/[N+]([O-])=N/N2CCCC2)c1. The fourth-order valence-corrected chi connectivity index (χ4v) is 3.03. The Morgan fingerprint density at radius 1 is 0.812 bits per heavy atom. The van der Waals surface area contributed by atoms with Crippen molar-refractivity contribution in [3.05, 3.63) is 45.8 Å². The van der Waals surface area contributed by atoms with Crippen LogP contribution in [0, 0.1) is 10.4 Å². The van der Waals surface area contributed by atoms with Crippen molar-refractivity contribution >= 4 is 11.9 Å². The van der Waals surface area contributed by atoms with Crippen molar-refractivity contribution in [1.82, 2.24) is 10.0 Å². The zero-order valence-corrected chi connectivity index (χ0v) is 17.3. The van der Waals surface area contributed by atoms with Crippen molar-refractivity contribution in [2.45, 2.75) is 25.7 Å². The average Bonchev–Trinajstić information content (AvgIpc) is 3.48. The molecule has 0 N–H and O–H groups in total. The number of carbonyl (C=O) groups is 2. The van der Waals surface area contributed by atoms with Gasteiger partial charge in [0, 0.05) is 0 Å². The van der Waals surface area contributed by atoms with Crippen molar-refractivity contribution in [3.63, 3.8) is 0 Å². The first-order chi connectivity index (χ1) is 15.5. The molecule has 2 aliphatic heterocycles. The molecule has 0 unspecified atom stereocenters. The van der Waals surface area contributed by atoms with Crippen LogP contribution in [0.3, 0.4) is 0 Å². The molecule has 0 spiro atoms. The highest BCUT2D eigenvalue weighted by Crippen LogP contribution is 2.10. The Labute approximate surface area is 183 Å². The van der Waals surface area contributed by atoms with E-state index in [-0.39, 0.29) is 21.2 Å². The lowest BCUT2D eigenvalue weighted by atomic mass is 10.1. The van der Waals surface area contributed by atoms with Crippen LogP contribution in [0.25, 0.3) is 0 Å². The summed E-state index contributed by atoms with van der Waals surface area (Å²) < 4.78 is 9.70. The van der Waals surface area contributed by atoms with Gasteiger partial charge in [0.2, 0.25) is 0 Å². The van der Waals surface area contributed by atoms with Crippen LogP contribution < -0.4 is 0 Å². The molecule has 2 saturated heterocycles. The molecule has 1 aromatic carbocycles. The van der Waals surface area contributed by atoms with E-state index in [1.807, 2.05) is 0 Å². The van der Waals surface area contributed by atoms with Crippen molar-refractivity contribution in [2.75, 3.05) is 39.8 Å². The molecule has 174 valence electrons. The van der Waals surface area contributed by atoms with E-state index < -0.39 is 25.5 Å². The van der Waals surface area contributed by atoms with Gasteiger partial charge in [0.05, 0.1) is 21.2 Å². The van der Waals surface area contributed by atoms with E-state index in [1.165, 1.54) is 24.3 Å². The summed E-state index contributed by atoms with van der Waals surface area (Å²) in [6, 6.07) is 5.50.